The van der Waals surface area contributed by atoms with E-state index < -0.39 is 0 Å². The Labute approximate surface area is 217 Å². The lowest BCUT2D eigenvalue weighted by atomic mass is 9.94. The van der Waals surface area contributed by atoms with Gasteiger partial charge in [0.05, 0.1) is 0 Å². The summed E-state index contributed by atoms with van der Waals surface area (Å²) in [6.07, 6.45) is 30.2. The number of likely N-dealkylation sites (N-methyl/N-ethyl adjacent to an activating group) is 1. The molecular weight excluding hydrogens is 434 g/mol. The zero-order chi connectivity index (χ0) is 25.7. The molecule has 1 aliphatic heterocycles. The first-order valence-electron chi connectivity index (χ1n) is 12.7. The van der Waals surface area contributed by atoms with Crippen LogP contribution >= 0.6 is 0 Å². The molecule has 0 saturated carbocycles. The molecule has 1 nitrogen and oxygen atoms in total. The van der Waals surface area contributed by atoms with Gasteiger partial charge in [-0.2, -0.15) is 0 Å². The third-order valence-electron chi connectivity index (χ3n) is 6.92. The quantitative estimate of drug-likeness (QED) is 0.375. The average molecular weight is 472 g/mol. The van der Waals surface area contributed by atoms with Gasteiger partial charge in [-0.25, -0.2) is 0 Å². The molecule has 1 aromatic rings. The van der Waals surface area contributed by atoms with Crippen molar-refractivity contribution in [3.8, 4) is 0 Å². The fourth-order valence-corrected chi connectivity index (χ4v) is 4.99. The van der Waals surface area contributed by atoms with Crippen LogP contribution in [-0.2, 0) is 12.8 Å². The van der Waals surface area contributed by atoms with Crippen LogP contribution in [0.2, 0.25) is 0 Å². The van der Waals surface area contributed by atoms with E-state index in [9.17, 15) is 0 Å². The molecular formula is C35H37N. The monoisotopic (exact) mass is 471 g/mol. The minimum absolute atomic E-state index is 0.883. The molecule has 0 atom stereocenters. The molecule has 0 saturated heterocycles. The van der Waals surface area contributed by atoms with Crippen LogP contribution in [0.1, 0.15) is 43.0 Å². The Kier molecular flexibility index (Phi) is 7.90. The van der Waals surface area contributed by atoms with Gasteiger partial charge in [0.2, 0.25) is 0 Å². The number of nitrogens with zero attached hydrogens (tertiary/aromatic N) is 1. The van der Waals surface area contributed by atoms with Crippen LogP contribution in [0.3, 0.4) is 0 Å². The van der Waals surface area contributed by atoms with E-state index in [4.69, 9.17) is 0 Å². The molecule has 0 fully saturated rings. The van der Waals surface area contributed by atoms with Crippen LogP contribution in [0.4, 0.5) is 0 Å². The van der Waals surface area contributed by atoms with Gasteiger partial charge in [-0.05, 0) is 113 Å². The molecule has 1 aromatic carbocycles. The van der Waals surface area contributed by atoms with Gasteiger partial charge in [0, 0.05) is 13.6 Å². The van der Waals surface area contributed by atoms with Crippen LogP contribution in [0, 0.1) is 0 Å². The van der Waals surface area contributed by atoms with Gasteiger partial charge < -0.3 is 4.90 Å². The Morgan fingerprint density at radius 3 is 2.50 bits per heavy atom. The highest BCUT2D eigenvalue weighted by Crippen LogP contribution is 2.34. The van der Waals surface area contributed by atoms with Gasteiger partial charge in [0.15, 0.2) is 0 Å². The molecule has 0 amide bonds. The van der Waals surface area contributed by atoms with Crippen molar-refractivity contribution in [3.63, 3.8) is 0 Å². The minimum Gasteiger partial charge on any atom is -0.377 e. The van der Waals surface area contributed by atoms with Crippen molar-refractivity contribution in [2.75, 3.05) is 13.6 Å². The maximum Gasteiger partial charge on any atom is 0.0359 e. The summed E-state index contributed by atoms with van der Waals surface area (Å²) in [6.45, 7) is 15.4. The number of fused-ring (bicyclic) bond motifs is 2. The average Bonchev–Trinajstić information content (AvgIpc) is 3.29. The highest BCUT2D eigenvalue weighted by atomic mass is 15.1. The Morgan fingerprint density at radius 1 is 1.00 bits per heavy atom. The number of allylic oxidation sites excluding steroid dienone is 16. The molecule has 0 radical (unpaired) electrons. The lowest BCUT2D eigenvalue weighted by Gasteiger charge is -2.18. The van der Waals surface area contributed by atoms with Crippen molar-refractivity contribution in [1.82, 2.24) is 4.90 Å². The van der Waals surface area contributed by atoms with E-state index in [2.05, 4.69) is 125 Å². The predicted molar refractivity (Wildman–Crippen MR) is 159 cm³/mol. The maximum atomic E-state index is 4.13. The molecule has 0 aromatic heterocycles. The smallest absolute Gasteiger partial charge is 0.0359 e. The van der Waals surface area contributed by atoms with Gasteiger partial charge in [0.25, 0.3) is 0 Å². The van der Waals surface area contributed by atoms with E-state index in [1.54, 1.807) is 0 Å². The van der Waals surface area contributed by atoms with Crippen molar-refractivity contribution in [2.24, 2.45) is 0 Å². The van der Waals surface area contributed by atoms with Crippen molar-refractivity contribution < 1.29 is 0 Å². The largest absolute Gasteiger partial charge is 0.377 e. The van der Waals surface area contributed by atoms with Gasteiger partial charge in [-0.15, -0.1) is 0 Å². The summed E-state index contributed by atoms with van der Waals surface area (Å²) in [5, 5.41) is 0. The summed E-state index contributed by atoms with van der Waals surface area (Å²) in [4.78, 5) is 2.18. The highest BCUT2D eigenvalue weighted by molar-refractivity contribution is 5.74. The van der Waals surface area contributed by atoms with Gasteiger partial charge in [-0.1, -0.05) is 86.1 Å². The van der Waals surface area contributed by atoms with E-state index in [0.717, 1.165) is 25.0 Å². The SMILES string of the molecule is C=C/C=C(\C=C/C)C1=Cc2cc3c(cc2C1)C/C=C(/C=C(\C)C1=CCN(C)C=C1)C(\C=C)=C\C(C)=C3. The Bertz CT molecular complexity index is 1360. The molecule has 4 rings (SSSR count). The first-order valence-corrected chi connectivity index (χ1v) is 12.7. The van der Waals surface area contributed by atoms with Crippen LogP contribution in [0.5, 0.6) is 0 Å². The Hall–Kier alpha value is -3.84. The number of hydrogen-bond acceptors (Lipinski definition) is 1. The summed E-state index contributed by atoms with van der Waals surface area (Å²) < 4.78 is 0. The molecule has 0 N–H and O–H groups in total. The molecule has 3 aliphatic rings. The number of hydrogen-bond donors (Lipinski definition) is 0. The second kappa shape index (κ2) is 11.3. The molecule has 0 unspecified atom stereocenters. The van der Waals surface area contributed by atoms with Crippen LogP contribution in [-0.4, -0.2) is 18.5 Å². The first-order chi connectivity index (χ1) is 17.4. The zero-order valence-electron chi connectivity index (χ0n) is 22.1. The molecule has 1 heterocycles. The van der Waals surface area contributed by atoms with Crippen molar-refractivity contribution in [1.29, 1.82) is 0 Å². The summed E-state index contributed by atoms with van der Waals surface area (Å²) in [6, 6.07) is 4.77. The van der Waals surface area contributed by atoms with Crippen molar-refractivity contribution in [2.45, 2.75) is 33.6 Å². The molecule has 0 spiro atoms. The minimum atomic E-state index is 0.883. The standard InChI is InChI=1S/C35H37N/c1-7-10-29(11-8-2)33-23-34-21-31-13-12-30(20-26(5)28-14-16-36(6)17-15-28)27(9-3)18-25(4)19-32(31)22-35(34)24-33/h7-12,14-16,18-22,24H,1,3,13,17,23H2,2,4-6H3/b11-8-,25-19?,26-20+,27-18+,29-10+,30-12-. The second-order valence-corrected chi connectivity index (χ2v) is 9.75. The predicted octanol–water partition coefficient (Wildman–Crippen LogP) is 8.64. The first kappa shape index (κ1) is 25.3. The number of rotatable bonds is 6. The normalized spacial score (nSPS) is 21.1. The Balaban J connectivity index is 1.72. The van der Waals surface area contributed by atoms with E-state index in [-0.39, 0.29) is 0 Å². The lowest BCUT2D eigenvalue weighted by Crippen LogP contribution is -2.13. The highest BCUT2D eigenvalue weighted by Gasteiger charge is 2.17. The van der Waals surface area contributed by atoms with E-state index >= 15 is 0 Å². The fraction of sp³-hybridized carbons (Fsp3) is 0.200. The summed E-state index contributed by atoms with van der Waals surface area (Å²) in [7, 11) is 2.10. The topological polar surface area (TPSA) is 3.24 Å². The van der Waals surface area contributed by atoms with Crippen LogP contribution in [0.25, 0.3) is 12.2 Å². The van der Waals surface area contributed by atoms with Gasteiger partial charge in [0.1, 0.15) is 0 Å². The van der Waals surface area contributed by atoms with Gasteiger partial charge in [-0.3, -0.25) is 0 Å². The van der Waals surface area contributed by atoms with Crippen molar-refractivity contribution >= 4 is 12.2 Å². The summed E-state index contributed by atoms with van der Waals surface area (Å²) in [5.74, 6) is 0. The number of benzene rings is 1. The van der Waals surface area contributed by atoms with E-state index in [1.807, 2.05) is 12.2 Å². The Morgan fingerprint density at radius 2 is 1.81 bits per heavy atom. The fourth-order valence-electron chi connectivity index (χ4n) is 4.99. The third-order valence-corrected chi connectivity index (χ3v) is 6.92. The molecule has 1 heteroatoms. The lowest BCUT2D eigenvalue weighted by molar-refractivity contribution is 0.503. The summed E-state index contributed by atoms with van der Waals surface area (Å²) in [5.41, 5.74) is 14.1. The van der Waals surface area contributed by atoms with Crippen molar-refractivity contribution in [3.05, 3.63) is 154 Å². The van der Waals surface area contributed by atoms with Gasteiger partial charge >= 0.3 is 0 Å². The molecule has 2 aliphatic carbocycles. The van der Waals surface area contributed by atoms with Crippen LogP contribution < -0.4 is 0 Å². The zero-order valence-corrected chi connectivity index (χ0v) is 22.1. The molecule has 36 heavy (non-hydrogen) atoms. The van der Waals surface area contributed by atoms with E-state index in [1.165, 1.54) is 55.7 Å². The molecule has 182 valence electrons. The third kappa shape index (κ3) is 5.69. The second-order valence-electron chi connectivity index (χ2n) is 9.75. The molecule has 0 bridgehead atoms. The summed E-state index contributed by atoms with van der Waals surface area (Å²) >= 11 is 0. The maximum absolute atomic E-state index is 4.13. The van der Waals surface area contributed by atoms with Crippen LogP contribution in [0.15, 0.2) is 131 Å². The van der Waals surface area contributed by atoms with E-state index in [0.29, 0.717) is 0 Å².